The van der Waals surface area contributed by atoms with E-state index < -0.39 is 6.04 Å². The number of nitrogens with zero attached hydrogens (tertiary/aromatic N) is 2. The number of benzene rings is 1. The van der Waals surface area contributed by atoms with Gasteiger partial charge in [-0.25, -0.2) is 4.98 Å². The van der Waals surface area contributed by atoms with Crippen molar-refractivity contribution < 1.29 is 14.0 Å². The standard InChI is InChI=1S/C16H17N3O3S/c1-9-17-11-7-10(3-4-13(11)22-9)18-15(21)12-8-23-16(2)6-5-14(20)19(12)16/h3-4,7,12H,5-6,8H2,1-2H3,(H,18,21)/t12-,16-/m0/s1. The highest BCUT2D eigenvalue weighted by Gasteiger charge is 2.52. The number of aryl methyl sites for hydroxylation is 1. The molecule has 120 valence electrons. The number of hydrogen-bond donors (Lipinski definition) is 1. The molecule has 2 aliphatic rings. The maximum absolute atomic E-state index is 12.6. The van der Waals surface area contributed by atoms with Crippen molar-refractivity contribution in [3.8, 4) is 0 Å². The van der Waals surface area contributed by atoms with E-state index in [1.54, 1.807) is 41.8 Å². The lowest BCUT2D eigenvalue weighted by atomic mass is 10.2. The van der Waals surface area contributed by atoms with E-state index in [4.69, 9.17) is 4.42 Å². The van der Waals surface area contributed by atoms with Crippen LogP contribution in [0.3, 0.4) is 0 Å². The molecule has 0 bridgehead atoms. The smallest absolute Gasteiger partial charge is 0.248 e. The summed E-state index contributed by atoms with van der Waals surface area (Å²) >= 11 is 1.69. The first-order chi connectivity index (χ1) is 11.0. The first-order valence-electron chi connectivity index (χ1n) is 7.60. The normalized spacial score (nSPS) is 26.8. The molecule has 2 aromatic rings. The van der Waals surface area contributed by atoms with Crippen LogP contribution in [0, 0.1) is 6.92 Å². The number of carbonyl (C=O) groups excluding carboxylic acids is 2. The predicted molar refractivity (Wildman–Crippen MR) is 88.1 cm³/mol. The first-order valence-corrected chi connectivity index (χ1v) is 8.59. The van der Waals surface area contributed by atoms with Gasteiger partial charge >= 0.3 is 0 Å². The molecule has 6 nitrogen and oxygen atoms in total. The summed E-state index contributed by atoms with van der Waals surface area (Å²) in [7, 11) is 0. The number of amides is 2. The molecule has 1 N–H and O–H groups in total. The Morgan fingerprint density at radius 2 is 2.35 bits per heavy atom. The van der Waals surface area contributed by atoms with Gasteiger partial charge in [0.05, 0.1) is 4.87 Å². The number of carbonyl (C=O) groups is 2. The van der Waals surface area contributed by atoms with Crippen LogP contribution in [0.25, 0.3) is 11.1 Å². The zero-order valence-corrected chi connectivity index (χ0v) is 13.8. The summed E-state index contributed by atoms with van der Waals surface area (Å²) in [5, 5.41) is 2.91. The molecule has 3 heterocycles. The first kappa shape index (κ1) is 14.6. The zero-order valence-electron chi connectivity index (χ0n) is 13.0. The van der Waals surface area contributed by atoms with E-state index in [9.17, 15) is 9.59 Å². The van der Waals surface area contributed by atoms with Crippen molar-refractivity contribution in [2.24, 2.45) is 0 Å². The molecule has 23 heavy (non-hydrogen) atoms. The summed E-state index contributed by atoms with van der Waals surface area (Å²) in [5.41, 5.74) is 2.07. The van der Waals surface area contributed by atoms with Crippen LogP contribution in [0.4, 0.5) is 5.69 Å². The Bertz CT molecular complexity index is 818. The van der Waals surface area contributed by atoms with E-state index in [0.717, 1.165) is 6.42 Å². The average Bonchev–Trinajstić information content (AvgIpc) is 3.12. The molecule has 0 radical (unpaired) electrons. The topological polar surface area (TPSA) is 75.4 Å². The Hall–Kier alpha value is -2.02. The minimum absolute atomic E-state index is 0.0697. The van der Waals surface area contributed by atoms with Crippen LogP contribution in [-0.4, -0.2) is 38.4 Å². The van der Waals surface area contributed by atoms with Gasteiger partial charge in [-0.3, -0.25) is 9.59 Å². The second kappa shape index (κ2) is 4.99. The molecule has 2 fully saturated rings. The van der Waals surface area contributed by atoms with Gasteiger partial charge < -0.3 is 14.6 Å². The maximum atomic E-state index is 12.6. The molecule has 4 rings (SSSR count). The van der Waals surface area contributed by atoms with E-state index in [0.29, 0.717) is 34.9 Å². The van der Waals surface area contributed by atoms with Gasteiger partial charge in [0, 0.05) is 24.8 Å². The number of anilines is 1. The van der Waals surface area contributed by atoms with Gasteiger partial charge in [0.25, 0.3) is 0 Å². The quantitative estimate of drug-likeness (QED) is 0.915. The fourth-order valence-corrected chi connectivity index (χ4v) is 4.79. The van der Waals surface area contributed by atoms with Crippen molar-refractivity contribution in [1.82, 2.24) is 9.88 Å². The number of aromatic nitrogens is 1. The lowest BCUT2D eigenvalue weighted by Gasteiger charge is -2.29. The predicted octanol–water partition coefficient (Wildman–Crippen LogP) is 2.53. The lowest BCUT2D eigenvalue weighted by Crippen LogP contribution is -2.48. The average molecular weight is 331 g/mol. The Morgan fingerprint density at radius 3 is 3.17 bits per heavy atom. The van der Waals surface area contributed by atoms with E-state index >= 15 is 0 Å². The fraction of sp³-hybridized carbons (Fsp3) is 0.438. The zero-order chi connectivity index (χ0) is 16.2. The summed E-state index contributed by atoms with van der Waals surface area (Å²) < 4.78 is 5.43. The lowest BCUT2D eigenvalue weighted by molar-refractivity contribution is -0.135. The molecule has 0 aliphatic carbocycles. The highest BCUT2D eigenvalue weighted by atomic mass is 32.2. The minimum Gasteiger partial charge on any atom is -0.441 e. The van der Waals surface area contributed by atoms with Crippen LogP contribution >= 0.6 is 11.8 Å². The largest absolute Gasteiger partial charge is 0.441 e. The van der Waals surface area contributed by atoms with Crippen LogP contribution in [-0.2, 0) is 9.59 Å². The maximum Gasteiger partial charge on any atom is 0.248 e. The molecule has 2 saturated heterocycles. The van der Waals surface area contributed by atoms with Crippen molar-refractivity contribution >= 4 is 40.4 Å². The van der Waals surface area contributed by atoms with Crippen LogP contribution in [0.2, 0.25) is 0 Å². The molecule has 0 unspecified atom stereocenters. The molecule has 0 saturated carbocycles. The van der Waals surface area contributed by atoms with E-state index in [1.165, 1.54) is 0 Å². The van der Waals surface area contributed by atoms with E-state index in [2.05, 4.69) is 10.3 Å². The molecule has 2 amide bonds. The van der Waals surface area contributed by atoms with Gasteiger partial charge in [-0.2, -0.15) is 0 Å². The number of oxazole rings is 1. The van der Waals surface area contributed by atoms with Crippen molar-refractivity contribution in [3.05, 3.63) is 24.1 Å². The van der Waals surface area contributed by atoms with Crippen LogP contribution in [0.15, 0.2) is 22.6 Å². The molecule has 2 atom stereocenters. The Balaban J connectivity index is 1.56. The fourth-order valence-electron chi connectivity index (χ4n) is 3.36. The number of thioether (sulfide) groups is 1. The Morgan fingerprint density at radius 1 is 1.52 bits per heavy atom. The SMILES string of the molecule is Cc1nc2cc(NC(=O)[C@@H]3CS[C@@]4(C)CCC(=O)N34)ccc2o1. The molecular weight excluding hydrogens is 314 g/mol. The third kappa shape index (κ3) is 2.30. The highest BCUT2D eigenvalue weighted by molar-refractivity contribution is 8.01. The van der Waals surface area contributed by atoms with Crippen molar-refractivity contribution in [3.63, 3.8) is 0 Å². The van der Waals surface area contributed by atoms with Crippen molar-refractivity contribution in [1.29, 1.82) is 0 Å². The van der Waals surface area contributed by atoms with Gasteiger partial charge in [0.2, 0.25) is 11.8 Å². The number of rotatable bonds is 2. The van der Waals surface area contributed by atoms with Crippen molar-refractivity contribution in [2.75, 3.05) is 11.1 Å². The summed E-state index contributed by atoms with van der Waals surface area (Å²) in [4.78, 5) is 30.5. The molecular formula is C16H17N3O3S. The number of nitrogens with one attached hydrogen (secondary N) is 1. The third-order valence-corrected chi connectivity index (χ3v) is 6.01. The van der Waals surface area contributed by atoms with Gasteiger partial charge in [0.1, 0.15) is 11.6 Å². The molecule has 1 aromatic heterocycles. The second-order valence-corrected chi connectivity index (χ2v) is 7.67. The van der Waals surface area contributed by atoms with Crippen LogP contribution in [0.5, 0.6) is 0 Å². The van der Waals surface area contributed by atoms with E-state index in [1.807, 2.05) is 6.92 Å². The Kier molecular flexibility index (Phi) is 3.16. The van der Waals surface area contributed by atoms with E-state index in [-0.39, 0.29) is 16.7 Å². The summed E-state index contributed by atoms with van der Waals surface area (Å²) in [5.74, 6) is 1.16. The summed E-state index contributed by atoms with van der Waals surface area (Å²) in [6.45, 7) is 3.83. The van der Waals surface area contributed by atoms with Gasteiger partial charge in [0.15, 0.2) is 11.5 Å². The number of hydrogen-bond acceptors (Lipinski definition) is 5. The molecule has 0 spiro atoms. The van der Waals surface area contributed by atoms with Crippen LogP contribution in [0.1, 0.15) is 25.7 Å². The van der Waals surface area contributed by atoms with Gasteiger partial charge in [-0.15, -0.1) is 11.8 Å². The summed E-state index contributed by atoms with van der Waals surface area (Å²) in [6, 6.07) is 4.96. The molecule has 1 aromatic carbocycles. The Labute approximate surface area is 137 Å². The van der Waals surface area contributed by atoms with Gasteiger partial charge in [-0.05, 0) is 31.5 Å². The minimum atomic E-state index is -0.408. The summed E-state index contributed by atoms with van der Waals surface area (Å²) in [6.07, 6.45) is 1.34. The second-order valence-electron chi connectivity index (χ2n) is 6.17. The third-order valence-electron chi connectivity index (χ3n) is 4.51. The molecule has 7 heteroatoms. The highest BCUT2D eigenvalue weighted by Crippen LogP contribution is 2.47. The van der Waals surface area contributed by atoms with Crippen molar-refractivity contribution in [2.45, 2.75) is 37.6 Å². The molecule has 2 aliphatic heterocycles. The van der Waals surface area contributed by atoms with Crippen LogP contribution < -0.4 is 5.32 Å². The monoisotopic (exact) mass is 331 g/mol. The number of fused-ring (bicyclic) bond motifs is 2. The van der Waals surface area contributed by atoms with Gasteiger partial charge in [-0.1, -0.05) is 0 Å².